The third-order valence-electron chi connectivity index (χ3n) is 6.91. The van der Waals surface area contributed by atoms with Crippen molar-refractivity contribution in [1.29, 1.82) is 0 Å². The maximum absolute atomic E-state index is 13.6. The first-order chi connectivity index (χ1) is 15.7. The normalized spacial score (nSPS) is 19.5. The number of carbonyl (C=O) groups excluding carboxylic acids is 1. The zero-order valence-corrected chi connectivity index (χ0v) is 21.5. The zero-order valence-electron chi connectivity index (χ0n) is 19.1. The molecule has 1 amide bonds. The Balaban J connectivity index is 1.39. The van der Waals surface area contributed by atoms with E-state index in [1.807, 2.05) is 17.9 Å². The van der Waals surface area contributed by atoms with Gasteiger partial charge in [-0.1, -0.05) is 22.9 Å². The molecule has 33 heavy (non-hydrogen) atoms. The molecule has 0 saturated carbocycles. The topological polar surface area (TPSA) is 86.7 Å². The number of halogens is 1. The van der Waals surface area contributed by atoms with E-state index in [0.29, 0.717) is 26.2 Å². The Morgan fingerprint density at radius 2 is 1.67 bits per heavy atom. The highest BCUT2D eigenvalue weighted by molar-refractivity contribution is 9.10. The van der Waals surface area contributed by atoms with Crippen LogP contribution >= 0.6 is 15.9 Å². The Labute approximate surface area is 204 Å². The molecule has 0 radical (unpaired) electrons. The van der Waals surface area contributed by atoms with E-state index >= 15 is 0 Å². The van der Waals surface area contributed by atoms with Gasteiger partial charge in [0.25, 0.3) is 0 Å². The first kappa shape index (κ1) is 24.1. The molecule has 0 atom stereocenters. The van der Waals surface area contributed by atoms with Gasteiger partial charge in [0.15, 0.2) is 0 Å². The van der Waals surface area contributed by atoms with Gasteiger partial charge >= 0.3 is 0 Å². The van der Waals surface area contributed by atoms with Crippen LogP contribution in [0.5, 0.6) is 0 Å². The molecule has 178 valence electrons. The van der Waals surface area contributed by atoms with Gasteiger partial charge in [-0.25, -0.2) is 18.4 Å². The minimum absolute atomic E-state index is 0.157. The van der Waals surface area contributed by atoms with Gasteiger partial charge in [0.2, 0.25) is 15.9 Å². The highest BCUT2D eigenvalue weighted by Crippen LogP contribution is 2.38. The molecule has 0 unspecified atom stereocenters. The van der Waals surface area contributed by atoms with Crippen molar-refractivity contribution in [1.82, 2.24) is 19.2 Å². The Kier molecular flexibility index (Phi) is 7.07. The summed E-state index contributed by atoms with van der Waals surface area (Å²) in [6, 6.07) is 8.59. The number of aryl methyl sites for hydroxylation is 1. The molecule has 2 aliphatic heterocycles. The first-order valence-electron chi connectivity index (χ1n) is 11.3. The van der Waals surface area contributed by atoms with Gasteiger partial charge < -0.3 is 9.80 Å². The number of amides is 1. The molecular weight excluding hydrogens is 506 g/mol. The highest BCUT2D eigenvalue weighted by atomic mass is 79.9. The fourth-order valence-electron chi connectivity index (χ4n) is 4.72. The number of sulfonamides is 1. The Morgan fingerprint density at radius 1 is 1.03 bits per heavy atom. The molecule has 3 heterocycles. The van der Waals surface area contributed by atoms with E-state index in [1.54, 1.807) is 30.5 Å². The first-order valence-corrected chi connectivity index (χ1v) is 13.6. The number of aromatic nitrogens is 2. The molecule has 2 saturated heterocycles. The number of carbonyl (C=O) groups is 1. The van der Waals surface area contributed by atoms with Crippen molar-refractivity contribution in [3.8, 4) is 0 Å². The van der Waals surface area contributed by atoms with Crippen LogP contribution < -0.4 is 4.90 Å². The number of piperidine rings is 1. The summed E-state index contributed by atoms with van der Waals surface area (Å²) >= 11 is 3.34. The second kappa shape index (κ2) is 9.68. The van der Waals surface area contributed by atoms with Crippen molar-refractivity contribution < 1.29 is 13.2 Å². The van der Waals surface area contributed by atoms with E-state index in [-0.39, 0.29) is 10.8 Å². The monoisotopic (exact) mass is 535 g/mol. The minimum Gasteiger partial charge on any atom is -0.356 e. The molecule has 4 rings (SSSR count). The predicted octanol–water partition coefficient (Wildman–Crippen LogP) is 3.08. The highest BCUT2D eigenvalue weighted by Gasteiger charge is 2.43. The largest absolute Gasteiger partial charge is 0.356 e. The fourth-order valence-corrected chi connectivity index (χ4v) is 6.41. The molecule has 2 aromatic rings. The molecule has 0 N–H and O–H groups in total. The van der Waals surface area contributed by atoms with Crippen molar-refractivity contribution >= 4 is 37.7 Å². The smallest absolute Gasteiger partial charge is 0.243 e. The van der Waals surface area contributed by atoms with Crippen molar-refractivity contribution in [3.05, 3.63) is 46.8 Å². The zero-order chi connectivity index (χ0) is 23.6. The van der Waals surface area contributed by atoms with Gasteiger partial charge in [0, 0.05) is 49.9 Å². The van der Waals surface area contributed by atoms with Gasteiger partial charge in [-0.15, -0.1) is 0 Å². The molecule has 0 bridgehead atoms. The number of hydrogen-bond donors (Lipinski definition) is 0. The molecule has 2 fully saturated rings. The van der Waals surface area contributed by atoms with Crippen LogP contribution in [0, 0.1) is 12.3 Å². The summed E-state index contributed by atoms with van der Waals surface area (Å²) in [7, 11) is -3.56. The summed E-state index contributed by atoms with van der Waals surface area (Å²) in [4.78, 5) is 26.6. The van der Waals surface area contributed by atoms with Gasteiger partial charge in [0.05, 0.1) is 10.3 Å². The van der Waals surface area contributed by atoms with Crippen LogP contribution in [0.2, 0.25) is 0 Å². The summed E-state index contributed by atoms with van der Waals surface area (Å²) in [5.74, 6) is 1.81. The van der Waals surface area contributed by atoms with Gasteiger partial charge in [-0.2, -0.15) is 4.31 Å². The number of piperazine rings is 1. The number of hydrogen-bond acceptors (Lipinski definition) is 6. The van der Waals surface area contributed by atoms with Crippen molar-refractivity contribution in [2.75, 3.05) is 44.2 Å². The van der Waals surface area contributed by atoms with Crippen molar-refractivity contribution in [2.24, 2.45) is 5.41 Å². The van der Waals surface area contributed by atoms with Gasteiger partial charge in [-0.05, 0) is 56.5 Å². The Hall–Kier alpha value is -2.04. The molecule has 0 aliphatic carbocycles. The summed E-state index contributed by atoms with van der Waals surface area (Å²) in [6.07, 6.45) is 4.08. The lowest BCUT2D eigenvalue weighted by Crippen LogP contribution is -2.56. The lowest BCUT2D eigenvalue weighted by atomic mass is 9.74. The fraction of sp³-hybridized carbons (Fsp3) is 0.522. The van der Waals surface area contributed by atoms with E-state index in [0.717, 1.165) is 48.5 Å². The van der Waals surface area contributed by atoms with Crippen LogP contribution in [-0.2, 0) is 14.8 Å². The Morgan fingerprint density at radius 3 is 2.24 bits per heavy atom. The number of benzene rings is 1. The van der Waals surface area contributed by atoms with Crippen LogP contribution in [0.25, 0.3) is 0 Å². The quantitative estimate of drug-likeness (QED) is 0.584. The van der Waals surface area contributed by atoms with E-state index < -0.39 is 15.4 Å². The van der Waals surface area contributed by atoms with E-state index in [9.17, 15) is 13.2 Å². The molecule has 10 heteroatoms. The standard InChI is InChI=1S/C23H30BrN5O3S/c1-3-23(9-12-27(13-10-23)21-8-11-25-18(2)26-21)22(30)28-14-16-29(17-15-28)33(31,32)20-6-4-19(24)5-7-20/h4-8,11H,3,9-10,12-17H2,1-2H3. The number of anilines is 1. The second-order valence-corrected chi connectivity index (χ2v) is 11.6. The SMILES string of the molecule is CCC1(C(=O)N2CCN(S(=O)(=O)c3ccc(Br)cc3)CC2)CCN(c2ccnc(C)n2)CC1. The average molecular weight is 536 g/mol. The van der Waals surface area contributed by atoms with E-state index in [4.69, 9.17) is 0 Å². The van der Waals surface area contributed by atoms with Crippen molar-refractivity contribution in [3.63, 3.8) is 0 Å². The Bertz CT molecular complexity index is 1090. The summed E-state index contributed by atoms with van der Waals surface area (Å²) in [5.41, 5.74) is -0.397. The van der Waals surface area contributed by atoms with Crippen molar-refractivity contribution in [2.45, 2.75) is 38.0 Å². The lowest BCUT2D eigenvalue weighted by molar-refractivity contribution is -0.145. The van der Waals surface area contributed by atoms with Crippen LogP contribution in [0.3, 0.4) is 0 Å². The van der Waals surface area contributed by atoms with Gasteiger partial charge in [-0.3, -0.25) is 4.79 Å². The van der Waals surface area contributed by atoms with Crippen LogP contribution in [0.1, 0.15) is 32.0 Å². The predicted molar refractivity (Wildman–Crippen MR) is 130 cm³/mol. The summed E-state index contributed by atoms with van der Waals surface area (Å²) in [6.45, 7) is 6.98. The summed E-state index contributed by atoms with van der Waals surface area (Å²) in [5, 5.41) is 0. The van der Waals surface area contributed by atoms with E-state index in [1.165, 1.54) is 4.31 Å². The van der Waals surface area contributed by atoms with Crippen LogP contribution in [0.15, 0.2) is 45.9 Å². The van der Waals surface area contributed by atoms with Gasteiger partial charge in [0.1, 0.15) is 11.6 Å². The molecule has 2 aliphatic rings. The summed E-state index contributed by atoms with van der Waals surface area (Å²) < 4.78 is 28.3. The molecule has 1 aromatic heterocycles. The second-order valence-electron chi connectivity index (χ2n) is 8.73. The lowest BCUT2D eigenvalue weighted by Gasteiger charge is -2.44. The number of rotatable bonds is 5. The molecule has 1 aromatic carbocycles. The average Bonchev–Trinajstić information content (AvgIpc) is 2.84. The third-order valence-corrected chi connectivity index (χ3v) is 9.36. The maximum Gasteiger partial charge on any atom is 0.243 e. The number of nitrogens with zero attached hydrogens (tertiary/aromatic N) is 5. The maximum atomic E-state index is 13.6. The molecular formula is C23H30BrN5O3S. The minimum atomic E-state index is -3.56. The van der Waals surface area contributed by atoms with Crippen LogP contribution in [-0.4, -0.2) is 72.8 Å². The third kappa shape index (κ3) is 4.93. The van der Waals surface area contributed by atoms with E-state index in [2.05, 4.69) is 37.7 Å². The molecule has 0 spiro atoms. The van der Waals surface area contributed by atoms with Crippen LogP contribution in [0.4, 0.5) is 5.82 Å². The molecule has 8 nitrogen and oxygen atoms in total.